The fourth-order valence-corrected chi connectivity index (χ4v) is 3.72. The zero-order valence-electron chi connectivity index (χ0n) is 15.1. The maximum absolute atomic E-state index is 13.4. The van der Waals surface area contributed by atoms with E-state index < -0.39 is 0 Å². The molecule has 3 aromatic rings. The van der Waals surface area contributed by atoms with E-state index in [2.05, 4.69) is 25.1 Å². The van der Waals surface area contributed by atoms with Crippen molar-refractivity contribution in [2.24, 2.45) is 0 Å². The van der Waals surface area contributed by atoms with E-state index in [9.17, 15) is 4.79 Å². The van der Waals surface area contributed by atoms with Crippen molar-refractivity contribution in [3.63, 3.8) is 0 Å². The van der Waals surface area contributed by atoms with Crippen molar-refractivity contribution in [1.29, 1.82) is 0 Å². The normalized spacial score (nSPS) is 16.2. The van der Waals surface area contributed by atoms with Crippen molar-refractivity contribution in [2.75, 3.05) is 12.1 Å². The van der Waals surface area contributed by atoms with Gasteiger partial charge in [0.2, 0.25) is 0 Å². The molecular formula is C23H22N2O. The highest BCUT2D eigenvalue weighted by molar-refractivity contribution is 6.06. The minimum atomic E-state index is -0.244. The van der Waals surface area contributed by atoms with Gasteiger partial charge in [0, 0.05) is 13.6 Å². The summed E-state index contributed by atoms with van der Waals surface area (Å²) in [5.74, 6) is -0.139. The number of aryl methyl sites for hydroxylation is 1. The first-order valence-electron chi connectivity index (χ1n) is 8.90. The Morgan fingerprint density at radius 1 is 0.885 bits per heavy atom. The van der Waals surface area contributed by atoms with E-state index in [1.165, 1.54) is 11.1 Å². The number of rotatable bonds is 4. The third kappa shape index (κ3) is 2.80. The van der Waals surface area contributed by atoms with E-state index in [1.54, 1.807) is 0 Å². The first-order valence-corrected chi connectivity index (χ1v) is 8.90. The summed E-state index contributed by atoms with van der Waals surface area (Å²) in [6.45, 7) is 2.80. The van der Waals surface area contributed by atoms with Gasteiger partial charge in [-0.25, -0.2) is 10.0 Å². The van der Waals surface area contributed by atoms with Crippen LogP contribution in [0.15, 0.2) is 78.9 Å². The summed E-state index contributed by atoms with van der Waals surface area (Å²) in [5.41, 5.74) is 5.54. The molecule has 130 valence electrons. The van der Waals surface area contributed by atoms with Gasteiger partial charge in [-0.1, -0.05) is 72.8 Å². The number of carbonyl (C=O) groups excluding carboxylic acids is 1. The SMILES string of the molecule is Cc1ccccc1CN(C)N1C(=O)[C@H](c2ccccc2)c2ccccc21. The monoisotopic (exact) mass is 342 g/mol. The van der Waals surface area contributed by atoms with Gasteiger partial charge in [-0.05, 0) is 35.2 Å². The molecule has 1 aliphatic rings. The number of benzene rings is 3. The average Bonchev–Trinajstić information content (AvgIpc) is 2.96. The molecule has 0 saturated heterocycles. The Hall–Kier alpha value is -2.91. The Labute approximate surface area is 154 Å². The number of hydrogen-bond donors (Lipinski definition) is 0. The van der Waals surface area contributed by atoms with Crippen LogP contribution in [0.2, 0.25) is 0 Å². The van der Waals surface area contributed by atoms with Gasteiger partial charge < -0.3 is 0 Å². The van der Waals surface area contributed by atoms with Crippen LogP contribution in [-0.2, 0) is 11.3 Å². The van der Waals surface area contributed by atoms with E-state index in [-0.39, 0.29) is 11.8 Å². The number of fused-ring (bicyclic) bond motifs is 1. The fourth-order valence-electron chi connectivity index (χ4n) is 3.72. The van der Waals surface area contributed by atoms with Gasteiger partial charge in [-0.2, -0.15) is 0 Å². The largest absolute Gasteiger partial charge is 0.272 e. The lowest BCUT2D eigenvalue weighted by atomic mass is 9.93. The molecule has 0 aliphatic carbocycles. The van der Waals surface area contributed by atoms with Crippen molar-refractivity contribution < 1.29 is 4.79 Å². The molecule has 1 amide bonds. The molecule has 3 aromatic carbocycles. The first kappa shape index (κ1) is 16.6. The second kappa shape index (κ2) is 6.77. The van der Waals surface area contributed by atoms with Gasteiger partial charge in [0.1, 0.15) is 0 Å². The Balaban J connectivity index is 1.71. The summed E-state index contributed by atoms with van der Waals surface area (Å²) < 4.78 is 0. The molecule has 0 unspecified atom stereocenters. The van der Waals surface area contributed by atoms with E-state index in [0.29, 0.717) is 6.54 Å². The number of amides is 1. The lowest BCUT2D eigenvalue weighted by Crippen LogP contribution is -2.42. The number of anilines is 1. The maximum atomic E-state index is 13.4. The molecule has 26 heavy (non-hydrogen) atoms. The molecule has 1 atom stereocenters. The van der Waals surface area contributed by atoms with Crippen molar-refractivity contribution in [3.05, 3.63) is 101 Å². The van der Waals surface area contributed by atoms with Crippen LogP contribution in [0, 0.1) is 6.92 Å². The molecule has 0 bridgehead atoms. The molecule has 0 aromatic heterocycles. The quantitative estimate of drug-likeness (QED) is 0.696. The zero-order valence-corrected chi connectivity index (χ0v) is 15.1. The zero-order chi connectivity index (χ0) is 18.1. The molecule has 0 fully saturated rings. The van der Waals surface area contributed by atoms with E-state index >= 15 is 0 Å². The topological polar surface area (TPSA) is 23.6 Å². The van der Waals surface area contributed by atoms with Crippen LogP contribution in [0.1, 0.15) is 28.2 Å². The van der Waals surface area contributed by atoms with Gasteiger partial charge in [0.05, 0.1) is 11.6 Å². The second-order valence-electron chi connectivity index (χ2n) is 6.79. The second-order valence-corrected chi connectivity index (χ2v) is 6.79. The van der Waals surface area contributed by atoms with E-state index in [0.717, 1.165) is 16.8 Å². The number of para-hydroxylation sites is 1. The minimum absolute atomic E-state index is 0.105. The Morgan fingerprint density at radius 3 is 2.31 bits per heavy atom. The van der Waals surface area contributed by atoms with Crippen LogP contribution in [0.25, 0.3) is 0 Å². The van der Waals surface area contributed by atoms with Crippen LogP contribution >= 0.6 is 0 Å². The Bertz CT molecular complexity index is 936. The number of hydrazine groups is 1. The summed E-state index contributed by atoms with van der Waals surface area (Å²) in [5, 5.41) is 3.85. The highest BCUT2D eigenvalue weighted by atomic mass is 16.2. The fraction of sp³-hybridized carbons (Fsp3) is 0.174. The van der Waals surface area contributed by atoms with Gasteiger partial charge in [-0.3, -0.25) is 4.79 Å². The number of hydrogen-bond acceptors (Lipinski definition) is 2. The smallest absolute Gasteiger partial charge is 0.253 e. The average molecular weight is 342 g/mol. The standard InChI is InChI=1S/C23H22N2O/c1-17-10-6-7-13-19(17)16-24(2)25-21-15-9-8-14-20(21)22(23(25)26)18-11-4-3-5-12-18/h3-15,22H,16H2,1-2H3/t22-/m1/s1. The molecule has 3 heteroatoms. The van der Waals surface area contributed by atoms with Gasteiger partial charge in [-0.15, -0.1) is 0 Å². The molecule has 4 rings (SSSR count). The lowest BCUT2D eigenvalue weighted by molar-refractivity contribution is -0.121. The molecular weight excluding hydrogens is 320 g/mol. The number of carbonyl (C=O) groups is 1. The Kier molecular flexibility index (Phi) is 4.31. The number of nitrogens with zero attached hydrogens (tertiary/aromatic N) is 2. The molecule has 3 nitrogen and oxygen atoms in total. The van der Waals surface area contributed by atoms with Crippen LogP contribution in [0.5, 0.6) is 0 Å². The molecule has 0 N–H and O–H groups in total. The van der Waals surface area contributed by atoms with Crippen LogP contribution in [-0.4, -0.2) is 18.0 Å². The molecule has 1 heterocycles. The predicted octanol–water partition coefficient (Wildman–Crippen LogP) is 4.52. The van der Waals surface area contributed by atoms with Gasteiger partial charge in [0.25, 0.3) is 5.91 Å². The first-order chi connectivity index (χ1) is 12.7. The van der Waals surface area contributed by atoms with Gasteiger partial charge >= 0.3 is 0 Å². The predicted molar refractivity (Wildman–Crippen MR) is 105 cm³/mol. The van der Waals surface area contributed by atoms with Crippen LogP contribution in [0.3, 0.4) is 0 Å². The Morgan fingerprint density at radius 2 is 1.54 bits per heavy atom. The third-order valence-corrected chi connectivity index (χ3v) is 5.07. The highest BCUT2D eigenvalue weighted by Gasteiger charge is 2.40. The molecule has 1 aliphatic heterocycles. The molecule has 0 radical (unpaired) electrons. The van der Waals surface area contributed by atoms with E-state index in [4.69, 9.17) is 0 Å². The third-order valence-electron chi connectivity index (χ3n) is 5.07. The lowest BCUT2D eigenvalue weighted by Gasteiger charge is -2.29. The van der Waals surface area contributed by atoms with Crippen molar-refractivity contribution in [3.8, 4) is 0 Å². The van der Waals surface area contributed by atoms with Crippen molar-refractivity contribution in [1.82, 2.24) is 5.01 Å². The summed E-state index contributed by atoms with van der Waals surface area (Å²) in [4.78, 5) is 13.4. The van der Waals surface area contributed by atoms with E-state index in [1.807, 2.05) is 77.7 Å². The maximum Gasteiger partial charge on any atom is 0.253 e. The van der Waals surface area contributed by atoms with Crippen molar-refractivity contribution >= 4 is 11.6 Å². The minimum Gasteiger partial charge on any atom is -0.272 e. The van der Waals surface area contributed by atoms with Crippen LogP contribution in [0.4, 0.5) is 5.69 Å². The summed E-state index contributed by atoms with van der Waals surface area (Å²) in [7, 11) is 1.98. The highest BCUT2D eigenvalue weighted by Crippen LogP contribution is 2.41. The summed E-state index contributed by atoms with van der Waals surface area (Å²) in [6, 6.07) is 26.4. The molecule has 0 saturated carbocycles. The summed E-state index contributed by atoms with van der Waals surface area (Å²) in [6.07, 6.45) is 0. The van der Waals surface area contributed by atoms with Gasteiger partial charge in [0.15, 0.2) is 0 Å². The summed E-state index contributed by atoms with van der Waals surface area (Å²) >= 11 is 0. The molecule has 0 spiro atoms. The van der Waals surface area contributed by atoms with Crippen molar-refractivity contribution in [2.45, 2.75) is 19.4 Å². The van der Waals surface area contributed by atoms with Crippen LogP contribution < -0.4 is 5.01 Å².